The Kier molecular flexibility index (Phi) is 3.88. The van der Waals surface area contributed by atoms with Gasteiger partial charge >= 0.3 is 0 Å². The van der Waals surface area contributed by atoms with Crippen molar-refractivity contribution in [1.82, 2.24) is 25.1 Å². The molecule has 2 heterocycles. The van der Waals surface area contributed by atoms with Crippen molar-refractivity contribution >= 4 is 5.95 Å². The molecule has 3 rings (SSSR count). The second kappa shape index (κ2) is 5.81. The maximum Gasteiger partial charge on any atom is 0.225 e. The Morgan fingerprint density at radius 2 is 2.19 bits per heavy atom. The summed E-state index contributed by atoms with van der Waals surface area (Å²) in [6.07, 6.45) is 8.42. The zero-order valence-electron chi connectivity index (χ0n) is 12.9. The molecule has 0 amide bonds. The number of nitrogens with zero attached hydrogens (tertiary/aromatic N) is 5. The van der Waals surface area contributed by atoms with E-state index < -0.39 is 0 Å². The molecule has 21 heavy (non-hydrogen) atoms. The van der Waals surface area contributed by atoms with E-state index >= 15 is 0 Å². The Hall–Kier alpha value is -1.95. The molecule has 0 radical (unpaired) electrons. The van der Waals surface area contributed by atoms with Gasteiger partial charge in [-0.25, -0.2) is 9.97 Å². The molecular formula is C15H22N6. The van der Waals surface area contributed by atoms with Crippen molar-refractivity contribution in [3.05, 3.63) is 35.4 Å². The van der Waals surface area contributed by atoms with Gasteiger partial charge in [-0.05, 0) is 19.8 Å². The number of aromatic nitrogens is 4. The van der Waals surface area contributed by atoms with Gasteiger partial charge in [0, 0.05) is 62.4 Å². The average molecular weight is 286 g/mol. The molecule has 1 fully saturated rings. The molecule has 2 aromatic rings. The summed E-state index contributed by atoms with van der Waals surface area (Å²) >= 11 is 0. The van der Waals surface area contributed by atoms with Crippen molar-refractivity contribution in [3.63, 3.8) is 0 Å². The first-order valence-corrected chi connectivity index (χ1v) is 7.36. The summed E-state index contributed by atoms with van der Waals surface area (Å²) in [4.78, 5) is 11.2. The van der Waals surface area contributed by atoms with Crippen molar-refractivity contribution in [3.8, 4) is 0 Å². The summed E-state index contributed by atoms with van der Waals surface area (Å²) in [6.45, 7) is 3.67. The summed E-state index contributed by atoms with van der Waals surface area (Å²) < 4.78 is 1.81. The molecule has 112 valence electrons. The third-order valence-electron chi connectivity index (χ3n) is 3.75. The molecule has 2 aromatic heterocycles. The maximum absolute atomic E-state index is 4.62. The minimum absolute atomic E-state index is 0.706. The monoisotopic (exact) mass is 286 g/mol. The minimum Gasteiger partial charge on any atom is -0.339 e. The highest BCUT2D eigenvalue weighted by molar-refractivity contribution is 5.33. The Morgan fingerprint density at radius 1 is 1.38 bits per heavy atom. The zero-order valence-corrected chi connectivity index (χ0v) is 12.9. The van der Waals surface area contributed by atoms with E-state index in [-0.39, 0.29) is 0 Å². The molecule has 0 unspecified atom stereocenters. The number of rotatable bonds is 6. The van der Waals surface area contributed by atoms with E-state index in [9.17, 15) is 0 Å². The van der Waals surface area contributed by atoms with Gasteiger partial charge in [-0.15, -0.1) is 0 Å². The van der Waals surface area contributed by atoms with E-state index in [1.165, 1.54) is 18.4 Å². The Bertz CT molecular complexity index is 616. The van der Waals surface area contributed by atoms with Crippen LogP contribution in [0.5, 0.6) is 0 Å². The van der Waals surface area contributed by atoms with Gasteiger partial charge < -0.3 is 10.2 Å². The fraction of sp³-hybridized carbons (Fsp3) is 0.533. The highest BCUT2D eigenvalue weighted by atomic mass is 15.3. The number of anilines is 1. The quantitative estimate of drug-likeness (QED) is 0.870. The molecule has 0 bridgehead atoms. The van der Waals surface area contributed by atoms with Crippen LogP contribution in [0.25, 0.3) is 0 Å². The Morgan fingerprint density at radius 3 is 2.81 bits per heavy atom. The van der Waals surface area contributed by atoms with Crippen LogP contribution in [0, 0.1) is 6.92 Å². The summed E-state index contributed by atoms with van der Waals surface area (Å²) in [5.41, 5.74) is 3.38. The van der Waals surface area contributed by atoms with Crippen LogP contribution >= 0.6 is 0 Å². The smallest absolute Gasteiger partial charge is 0.225 e. The van der Waals surface area contributed by atoms with Crippen LogP contribution in [0.15, 0.2) is 18.6 Å². The molecule has 0 atom stereocenters. The van der Waals surface area contributed by atoms with Crippen molar-refractivity contribution in [2.75, 3.05) is 11.9 Å². The van der Waals surface area contributed by atoms with E-state index in [2.05, 4.69) is 20.4 Å². The molecule has 0 saturated heterocycles. The lowest BCUT2D eigenvalue weighted by Crippen LogP contribution is -2.21. The lowest BCUT2D eigenvalue weighted by atomic mass is 10.2. The minimum atomic E-state index is 0.706. The molecule has 1 N–H and O–H groups in total. The van der Waals surface area contributed by atoms with Gasteiger partial charge in [0.15, 0.2) is 0 Å². The first kappa shape index (κ1) is 14.0. The largest absolute Gasteiger partial charge is 0.339 e. The predicted molar refractivity (Wildman–Crippen MR) is 81.9 cm³/mol. The standard InChI is InChI=1S/C15H22N6/c1-11-13(7-16-14-4-5-14)8-17-15(19-11)20(2)9-12-6-18-21(3)10-12/h6,8,10,14,16H,4-5,7,9H2,1-3H3. The highest BCUT2D eigenvalue weighted by Crippen LogP contribution is 2.20. The average Bonchev–Trinajstić information content (AvgIpc) is 3.20. The van der Waals surface area contributed by atoms with Gasteiger partial charge in [0.05, 0.1) is 6.20 Å². The summed E-state index contributed by atoms with van der Waals surface area (Å²) in [5.74, 6) is 0.756. The molecule has 0 aromatic carbocycles. The van der Waals surface area contributed by atoms with Gasteiger partial charge in [0.25, 0.3) is 0 Å². The number of hydrogen-bond donors (Lipinski definition) is 1. The second-order valence-electron chi connectivity index (χ2n) is 5.81. The van der Waals surface area contributed by atoms with Gasteiger partial charge in [-0.1, -0.05) is 0 Å². The molecule has 1 aliphatic rings. The fourth-order valence-corrected chi connectivity index (χ4v) is 2.28. The number of hydrogen-bond acceptors (Lipinski definition) is 5. The normalized spacial score (nSPS) is 14.4. The van der Waals surface area contributed by atoms with Gasteiger partial charge in [0.2, 0.25) is 5.95 Å². The zero-order chi connectivity index (χ0) is 14.8. The van der Waals surface area contributed by atoms with Gasteiger partial charge in [-0.2, -0.15) is 5.10 Å². The van der Waals surface area contributed by atoms with Crippen LogP contribution in [0.1, 0.15) is 29.7 Å². The van der Waals surface area contributed by atoms with Crippen LogP contribution in [0.4, 0.5) is 5.95 Å². The van der Waals surface area contributed by atoms with E-state index in [4.69, 9.17) is 0 Å². The second-order valence-corrected chi connectivity index (χ2v) is 5.81. The van der Waals surface area contributed by atoms with Crippen molar-refractivity contribution in [2.45, 2.75) is 38.9 Å². The van der Waals surface area contributed by atoms with Gasteiger partial charge in [0.1, 0.15) is 0 Å². The molecule has 6 heteroatoms. The lowest BCUT2D eigenvalue weighted by Gasteiger charge is -2.17. The third-order valence-corrected chi connectivity index (χ3v) is 3.75. The summed E-state index contributed by atoms with van der Waals surface area (Å²) in [7, 11) is 3.93. The SMILES string of the molecule is Cc1nc(N(C)Cc2cnn(C)c2)ncc1CNC1CC1. The van der Waals surface area contributed by atoms with Crippen LogP contribution in [-0.4, -0.2) is 32.8 Å². The Labute approximate surface area is 125 Å². The molecule has 0 aliphatic heterocycles. The third kappa shape index (κ3) is 3.58. The van der Waals surface area contributed by atoms with Crippen LogP contribution < -0.4 is 10.2 Å². The molecule has 0 spiro atoms. The maximum atomic E-state index is 4.62. The first-order chi connectivity index (χ1) is 10.1. The van der Waals surface area contributed by atoms with Crippen LogP contribution in [0.2, 0.25) is 0 Å². The number of aryl methyl sites for hydroxylation is 2. The number of nitrogens with one attached hydrogen (secondary N) is 1. The summed E-state index contributed by atoms with van der Waals surface area (Å²) in [6, 6.07) is 0.706. The topological polar surface area (TPSA) is 58.9 Å². The van der Waals surface area contributed by atoms with Crippen molar-refractivity contribution in [2.24, 2.45) is 7.05 Å². The van der Waals surface area contributed by atoms with E-state index in [0.717, 1.165) is 30.3 Å². The molecule has 6 nitrogen and oxygen atoms in total. The van der Waals surface area contributed by atoms with Crippen LogP contribution in [0.3, 0.4) is 0 Å². The van der Waals surface area contributed by atoms with Gasteiger partial charge in [-0.3, -0.25) is 4.68 Å². The van der Waals surface area contributed by atoms with E-state index in [1.54, 1.807) is 0 Å². The molecular weight excluding hydrogens is 264 g/mol. The molecule has 1 aliphatic carbocycles. The van der Waals surface area contributed by atoms with E-state index in [1.807, 2.05) is 49.2 Å². The predicted octanol–water partition coefficient (Wildman–Crippen LogP) is 1.41. The molecule has 1 saturated carbocycles. The fourth-order valence-electron chi connectivity index (χ4n) is 2.28. The lowest BCUT2D eigenvalue weighted by molar-refractivity contribution is 0.678. The van der Waals surface area contributed by atoms with Crippen molar-refractivity contribution in [1.29, 1.82) is 0 Å². The van der Waals surface area contributed by atoms with Crippen molar-refractivity contribution < 1.29 is 0 Å². The first-order valence-electron chi connectivity index (χ1n) is 7.36. The highest BCUT2D eigenvalue weighted by Gasteiger charge is 2.20. The van der Waals surface area contributed by atoms with Crippen LogP contribution in [-0.2, 0) is 20.1 Å². The summed E-state index contributed by atoms with van der Waals surface area (Å²) in [5, 5.41) is 7.68. The van der Waals surface area contributed by atoms with E-state index in [0.29, 0.717) is 6.04 Å². The Balaban J connectivity index is 1.65.